The molecule has 1 atom stereocenters. The Morgan fingerprint density at radius 1 is 1.35 bits per heavy atom. The van der Waals surface area contributed by atoms with Gasteiger partial charge in [0.25, 0.3) is 5.91 Å². The highest BCUT2D eigenvalue weighted by Gasteiger charge is 2.11. The van der Waals surface area contributed by atoms with Crippen LogP contribution in [0, 0.1) is 5.92 Å². The van der Waals surface area contributed by atoms with E-state index in [1.165, 1.54) is 6.20 Å². The molecule has 5 heteroatoms. The number of carbonyl (C=O) groups excluding carboxylic acids is 1. The number of aliphatic hydroxyl groups is 1. The molecular formula is C15H24N2O3. The fraction of sp³-hybridized carbons (Fsp3) is 0.600. The second kappa shape index (κ2) is 7.85. The van der Waals surface area contributed by atoms with E-state index in [1.54, 1.807) is 12.1 Å². The first-order valence-electron chi connectivity index (χ1n) is 6.97. The first-order chi connectivity index (χ1) is 9.38. The monoisotopic (exact) mass is 280 g/mol. The highest BCUT2D eigenvalue weighted by molar-refractivity contribution is 5.93. The van der Waals surface area contributed by atoms with Gasteiger partial charge in [0.1, 0.15) is 0 Å². The normalized spacial score (nSPS) is 12.6. The maximum atomic E-state index is 11.9. The van der Waals surface area contributed by atoms with E-state index in [-0.39, 0.29) is 18.6 Å². The second-order valence-electron chi connectivity index (χ2n) is 5.55. The lowest BCUT2D eigenvalue weighted by Gasteiger charge is -2.14. The lowest BCUT2D eigenvalue weighted by Crippen LogP contribution is -2.32. The molecule has 1 unspecified atom stereocenters. The first kappa shape index (κ1) is 16.4. The van der Waals surface area contributed by atoms with Gasteiger partial charge in [-0.2, -0.15) is 0 Å². The molecule has 1 heterocycles. The van der Waals surface area contributed by atoms with Gasteiger partial charge in [-0.25, -0.2) is 4.98 Å². The van der Waals surface area contributed by atoms with Gasteiger partial charge < -0.3 is 15.2 Å². The van der Waals surface area contributed by atoms with Gasteiger partial charge in [-0.15, -0.1) is 0 Å². The summed E-state index contributed by atoms with van der Waals surface area (Å²) in [7, 11) is 0. The largest absolute Gasteiger partial charge is 0.475 e. The van der Waals surface area contributed by atoms with Gasteiger partial charge in [0, 0.05) is 18.8 Å². The predicted octanol–water partition coefficient (Wildman–Crippen LogP) is 2.01. The van der Waals surface area contributed by atoms with E-state index in [2.05, 4.69) is 10.3 Å². The zero-order valence-corrected chi connectivity index (χ0v) is 12.6. The molecule has 1 aromatic heterocycles. The quantitative estimate of drug-likeness (QED) is 0.801. The van der Waals surface area contributed by atoms with Crippen LogP contribution in [-0.4, -0.2) is 34.8 Å². The van der Waals surface area contributed by atoms with Crippen LogP contribution in [0.2, 0.25) is 0 Å². The van der Waals surface area contributed by atoms with Gasteiger partial charge in [0.2, 0.25) is 5.88 Å². The number of ether oxygens (including phenoxy) is 1. The molecule has 1 amide bonds. The Bertz CT molecular complexity index is 416. The van der Waals surface area contributed by atoms with Crippen molar-refractivity contribution in [2.45, 2.75) is 46.3 Å². The maximum Gasteiger partial charge on any atom is 0.252 e. The van der Waals surface area contributed by atoms with Gasteiger partial charge in [-0.1, -0.05) is 13.8 Å². The van der Waals surface area contributed by atoms with E-state index in [9.17, 15) is 9.90 Å². The SMILES string of the molecule is CC(C)CC(O)CNC(=O)c1ccc(OC(C)C)nc1. The summed E-state index contributed by atoms with van der Waals surface area (Å²) in [6.07, 6.45) is 1.67. The maximum absolute atomic E-state index is 11.9. The molecule has 2 N–H and O–H groups in total. The molecule has 1 rings (SSSR count). The first-order valence-corrected chi connectivity index (χ1v) is 6.97. The number of rotatable bonds is 7. The van der Waals surface area contributed by atoms with Crippen molar-refractivity contribution < 1.29 is 14.6 Å². The van der Waals surface area contributed by atoms with Crippen molar-refractivity contribution in [1.82, 2.24) is 10.3 Å². The van der Waals surface area contributed by atoms with E-state index < -0.39 is 6.10 Å². The number of aliphatic hydroxyl groups excluding tert-OH is 1. The molecule has 0 aliphatic carbocycles. The second-order valence-corrected chi connectivity index (χ2v) is 5.55. The average molecular weight is 280 g/mol. The van der Waals surface area contributed by atoms with Gasteiger partial charge in [0.15, 0.2) is 0 Å². The van der Waals surface area contributed by atoms with Crippen LogP contribution in [0.3, 0.4) is 0 Å². The summed E-state index contributed by atoms with van der Waals surface area (Å²) in [5.74, 6) is 0.656. The summed E-state index contributed by atoms with van der Waals surface area (Å²) in [6, 6.07) is 3.33. The smallest absolute Gasteiger partial charge is 0.252 e. The molecule has 20 heavy (non-hydrogen) atoms. The number of nitrogens with zero attached hydrogens (tertiary/aromatic N) is 1. The lowest BCUT2D eigenvalue weighted by molar-refractivity contribution is 0.0900. The third-order valence-electron chi connectivity index (χ3n) is 2.60. The number of hydrogen-bond acceptors (Lipinski definition) is 4. The summed E-state index contributed by atoms with van der Waals surface area (Å²) in [6.45, 7) is 8.14. The van der Waals surface area contributed by atoms with Gasteiger partial charge in [0.05, 0.1) is 17.8 Å². The Hall–Kier alpha value is -1.62. The summed E-state index contributed by atoms with van der Waals surface area (Å²) >= 11 is 0. The van der Waals surface area contributed by atoms with Crippen LogP contribution in [0.5, 0.6) is 5.88 Å². The Morgan fingerprint density at radius 3 is 2.55 bits per heavy atom. The number of carbonyl (C=O) groups is 1. The fourth-order valence-corrected chi connectivity index (χ4v) is 1.77. The fourth-order valence-electron chi connectivity index (χ4n) is 1.77. The zero-order chi connectivity index (χ0) is 15.1. The lowest BCUT2D eigenvalue weighted by atomic mass is 10.1. The van der Waals surface area contributed by atoms with Crippen LogP contribution in [0.15, 0.2) is 18.3 Å². The predicted molar refractivity (Wildman–Crippen MR) is 77.8 cm³/mol. The minimum Gasteiger partial charge on any atom is -0.475 e. The summed E-state index contributed by atoms with van der Waals surface area (Å²) in [5, 5.41) is 12.4. The molecule has 0 aliphatic heterocycles. The van der Waals surface area contributed by atoms with Crippen LogP contribution < -0.4 is 10.1 Å². The molecule has 0 saturated heterocycles. The third kappa shape index (κ3) is 6.02. The number of hydrogen-bond donors (Lipinski definition) is 2. The molecule has 5 nitrogen and oxygen atoms in total. The van der Waals surface area contributed by atoms with Gasteiger partial charge >= 0.3 is 0 Å². The van der Waals surface area contributed by atoms with Crippen molar-refractivity contribution in [2.75, 3.05) is 6.54 Å². The number of aromatic nitrogens is 1. The molecule has 0 aromatic carbocycles. The topological polar surface area (TPSA) is 71.5 Å². The highest BCUT2D eigenvalue weighted by Crippen LogP contribution is 2.09. The van der Waals surface area contributed by atoms with Gasteiger partial charge in [-0.05, 0) is 32.3 Å². The van der Waals surface area contributed by atoms with E-state index in [1.807, 2.05) is 27.7 Å². The van der Waals surface area contributed by atoms with Crippen LogP contribution in [-0.2, 0) is 0 Å². The van der Waals surface area contributed by atoms with E-state index >= 15 is 0 Å². The molecule has 0 spiro atoms. The summed E-state index contributed by atoms with van der Waals surface area (Å²) in [5.41, 5.74) is 0.456. The molecule has 0 saturated carbocycles. The number of pyridine rings is 1. The molecule has 1 aromatic rings. The third-order valence-corrected chi connectivity index (χ3v) is 2.60. The van der Waals surface area contributed by atoms with Gasteiger partial charge in [-0.3, -0.25) is 4.79 Å². The van der Waals surface area contributed by atoms with E-state index in [4.69, 9.17) is 4.74 Å². The minimum atomic E-state index is -0.518. The summed E-state index contributed by atoms with van der Waals surface area (Å²) < 4.78 is 5.41. The zero-order valence-electron chi connectivity index (χ0n) is 12.6. The van der Waals surface area contributed by atoms with Crippen LogP contribution in [0.4, 0.5) is 0 Å². The Morgan fingerprint density at radius 2 is 2.05 bits per heavy atom. The standard InChI is InChI=1S/C15H24N2O3/c1-10(2)7-13(18)9-17-15(19)12-5-6-14(16-8-12)20-11(3)4/h5-6,8,10-11,13,18H,7,9H2,1-4H3,(H,17,19). The Labute approximate surface area is 120 Å². The Kier molecular flexibility index (Phi) is 6.45. The van der Waals surface area contributed by atoms with Crippen molar-refractivity contribution >= 4 is 5.91 Å². The molecule has 112 valence electrons. The molecule has 0 aliphatic rings. The van der Waals surface area contributed by atoms with Crippen LogP contribution >= 0.6 is 0 Å². The van der Waals surface area contributed by atoms with Crippen molar-refractivity contribution in [1.29, 1.82) is 0 Å². The van der Waals surface area contributed by atoms with E-state index in [0.29, 0.717) is 23.8 Å². The van der Waals surface area contributed by atoms with E-state index in [0.717, 1.165) is 0 Å². The van der Waals surface area contributed by atoms with Crippen molar-refractivity contribution in [3.05, 3.63) is 23.9 Å². The molecule has 0 bridgehead atoms. The number of amides is 1. The molecule has 0 fully saturated rings. The van der Waals surface area contributed by atoms with Crippen LogP contribution in [0.25, 0.3) is 0 Å². The minimum absolute atomic E-state index is 0.0494. The Balaban J connectivity index is 2.47. The van der Waals surface area contributed by atoms with Crippen molar-refractivity contribution in [3.8, 4) is 5.88 Å². The molecule has 0 radical (unpaired) electrons. The van der Waals surface area contributed by atoms with Crippen LogP contribution in [0.1, 0.15) is 44.5 Å². The molecular weight excluding hydrogens is 256 g/mol. The van der Waals surface area contributed by atoms with Crippen molar-refractivity contribution in [2.24, 2.45) is 5.92 Å². The summed E-state index contributed by atoms with van der Waals surface area (Å²) in [4.78, 5) is 15.9. The van der Waals surface area contributed by atoms with Crippen molar-refractivity contribution in [3.63, 3.8) is 0 Å². The number of nitrogens with one attached hydrogen (secondary N) is 1. The highest BCUT2D eigenvalue weighted by atomic mass is 16.5. The average Bonchev–Trinajstić information content (AvgIpc) is 2.35.